The van der Waals surface area contributed by atoms with E-state index < -0.39 is 40.9 Å². The molecule has 2 atom stereocenters. The van der Waals surface area contributed by atoms with E-state index in [9.17, 15) is 19.2 Å². The second-order valence-corrected chi connectivity index (χ2v) is 13.5. The third kappa shape index (κ3) is 8.20. The summed E-state index contributed by atoms with van der Waals surface area (Å²) in [5.41, 5.74) is 0.201. The number of oxime groups is 1. The molecular weight excluding hydrogens is 669 g/mol. The lowest BCUT2D eigenvalue weighted by Crippen LogP contribution is -2.71. The number of thioether (sulfide) groups is 1. The molecule has 1 fully saturated rings. The van der Waals surface area contributed by atoms with Crippen molar-refractivity contribution in [1.82, 2.24) is 15.2 Å². The lowest BCUT2D eigenvalue weighted by molar-refractivity contribution is -0.153. The number of aromatic nitrogens is 1. The number of fused-ring (bicyclic) bond motifs is 1. The highest BCUT2D eigenvalue weighted by atomic mass is 35.5. The standard InChI is InChI=1S/C28H31Cl2N5O8S2/c1-6-42-34-18(17-21(30)45-26(32-17)33-27(39)43-28(2,3)4)22(36)31-19-23(37)35-20(15(11-29)13-44-24(19)35)25(38)41-12-14-7-9-16(40-5)10-8-14/h7-10,19,24H,6,11-13H2,1-5H3,(H,31,36)(H,32,33,39)/b34-18-. The molecule has 2 N–H and O–H groups in total. The van der Waals surface area contributed by atoms with Crippen LogP contribution < -0.4 is 15.4 Å². The van der Waals surface area contributed by atoms with Crippen molar-refractivity contribution in [3.8, 4) is 5.75 Å². The lowest BCUT2D eigenvalue weighted by Gasteiger charge is -2.49. The summed E-state index contributed by atoms with van der Waals surface area (Å²) in [6.45, 7) is 6.89. The zero-order valence-corrected chi connectivity index (χ0v) is 28.1. The summed E-state index contributed by atoms with van der Waals surface area (Å²) in [6, 6.07) is 6.00. The Morgan fingerprint density at radius 3 is 2.53 bits per heavy atom. The highest BCUT2D eigenvalue weighted by Gasteiger charge is 2.54. The average molecular weight is 701 g/mol. The van der Waals surface area contributed by atoms with Gasteiger partial charge >= 0.3 is 12.1 Å². The minimum absolute atomic E-state index is 0.0145. The molecule has 13 nitrogen and oxygen atoms in total. The first-order valence-electron chi connectivity index (χ1n) is 13.6. The van der Waals surface area contributed by atoms with Crippen LogP contribution in [0.15, 0.2) is 40.7 Å². The molecule has 45 heavy (non-hydrogen) atoms. The first-order chi connectivity index (χ1) is 21.4. The van der Waals surface area contributed by atoms with Crippen LogP contribution in [0, 0.1) is 0 Å². The number of nitrogens with zero attached hydrogens (tertiary/aromatic N) is 3. The maximum absolute atomic E-state index is 13.4. The number of nitrogens with one attached hydrogen (secondary N) is 2. The largest absolute Gasteiger partial charge is 0.497 e. The molecule has 0 bridgehead atoms. The number of carbonyl (C=O) groups excluding carboxylic acids is 4. The summed E-state index contributed by atoms with van der Waals surface area (Å²) < 4.78 is 15.9. The average Bonchev–Trinajstić information content (AvgIpc) is 3.35. The van der Waals surface area contributed by atoms with E-state index in [1.54, 1.807) is 59.1 Å². The molecule has 2 aliphatic rings. The monoisotopic (exact) mass is 699 g/mol. The predicted molar refractivity (Wildman–Crippen MR) is 171 cm³/mol. The van der Waals surface area contributed by atoms with Crippen molar-refractivity contribution in [3.05, 3.63) is 51.1 Å². The van der Waals surface area contributed by atoms with Crippen LogP contribution >= 0.6 is 46.3 Å². The van der Waals surface area contributed by atoms with Gasteiger partial charge in [0.05, 0.1) is 7.11 Å². The molecule has 242 valence electrons. The minimum atomic E-state index is -1.01. The van der Waals surface area contributed by atoms with Crippen LogP contribution in [0.1, 0.15) is 39.0 Å². The van der Waals surface area contributed by atoms with E-state index in [1.807, 2.05) is 0 Å². The Morgan fingerprint density at radius 2 is 1.91 bits per heavy atom. The molecule has 1 saturated heterocycles. The van der Waals surface area contributed by atoms with Crippen LogP contribution in [0.2, 0.25) is 4.34 Å². The summed E-state index contributed by atoms with van der Waals surface area (Å²) in [4.78, 5) is 62.8. The van der Waals surface area contributed by atoms with Gasteiger partial charge in [-0.25, -0.2) is 14.6 Å². The normalized spacial score (nSPS) is 18.1. The zero-order valence-electron chi connectivity index (χ0n) is 25.0. The Balaban J connectivity index is 1.47. The van der Waals surface area contributed by atoms with Crippen molar-refractivity contribution in [1.29, 1.82) is 0 Å². The minimum Gasteiger partial charge on any atom is -0.497 e. The fourth-order valence-corrected chi connectivity index (χ4v) is 6.85. The van der Waals surface area contributed by atoms with Gasteiger partial charge in [0.2, 0.25) is 0 Å². The van der Waals surface area contributed by atoms with Crippen LogP contribution in [0.5, 0.6) is 5.75 Å². The summed E-state index contributed by atoms with van der Waals surface area (Å²) in [6.07, 6.45) is -0.760. The second kappa shape index (κ2) is 14.7. The van der Waals surface area contributed by atoms with Crippen molar-refractivity contribution in [2.75, 3.05) is 30.7 Å². The Bertz CT molecular complexity index is 1520. The molecule has 1 aromatic carbocycles. The van der Waals surface area contributed by atoms with Gasteiger partial charge in [0.1, 0.15) is 51.7 Å². The van der Waals surface area contributed by atoms with E-state index in [1.165, 1.54) is 16.7 Å². The zero-order chi connectivity index (χ0) is 32.9. The Morgan fingerprint density at radius 1 is 1.20 bits per heavy atom. The van der Waals surface area contributed by atoms with Gasteiger partial charge in [0.15, 0.2) is 10.8 Å². The van der Waals surface area contributed by atoms with Crippen LogP contribution in [0.3, 0.4) is 0 Å². The smallest absolute Gasteiger partial charge is 0.413 e. The molecule has 0 saturated carbocycles. The van der Waals surface area contributed by atoms with Gasteiger partial charge in [-0.1, -0.05) is 40.2 Å². The summed E-state index contributed by atoms with van der Waals surface area (Å²) in [7, 11) is 1.55. The predicted octanol–water partition coefficient (Wildman–Crippen LogP) is 4.53. The molecular formula is C28H31Cl2N5O8S2. The molecule has 2 aromatic rings. The van der Waals surface area contributed by atoms with E-state index in [0.717, 1.165) is 16.9 Å². The fraction of sp³-hybridized carbons (Fsp3) is 0.429. The van der Waals surface area contributed by atoms with Gasteiger partial charge in [-0.3, -0.25) is 19.8 Å². The van der Waals surface area contributed by atoms with Crippen LogP contribution in [0.25, 0.3) is 0 Å². The Kier molecular flexibility index (Phi) is 11.2. The highest BCUT2D eigenvalue weighted by molar-refractivity contribution is 8.00. The van der Waals surface area contributed by atoms with E-state index in [2.05, 4.69) is 20.8 Å². The molecule has 3 heterocycles. The number of β-lactam (4-membered cyclic amide) rings is 1. The number of hydrogen-bond acceptors (Lipinski definition) is 12. The number of hydrogen-bond donors (Lipinski definition) is 2. The lowest BCUT2D eigenvalue weighted by atomic mass is 10.0. The molecule has 2 unspecified atom stereocenters. The topological polar surface area (TPSA) is 158 Å². The van der Waals surface area contributed by atoms with E-state index >= 15 is 0 Å². The van der Waals surface area contributed by atoms with Crippen molar-refractivity contribution in [2.24, 2.45) is 5.16 Å². The summed E-state index contributed by atoms with van der Waals surface area (Å²) in [5.74, 6) is -1.02. The van der Waals surface area contributed by atoms with Crippen molar-refractivity contribution < 1.29 is 38.2 Å². The number of esters is 1. The van der Waals surface area contributed by atoms with Crippen molar-refractivity contribution in [2.45, 2.75) is 51.3 Å². The maximum atomic E-state index is 13.4. The quantitative estimate of drug-likeness (QED) is 0.112. The molecule has 4 rings (SSSR count). The molecule has 1 aromatic heterocycles. The van der Waals surface area contributed by atoms with Crippen molar-refractivity contribution in [3.63, 3.8) is 0 Å². The summed E-state index contributed by atoms with van der Waals surface area (Å²) in [5, 5.41) is 8.46. The summed E-state index contributed by atoms with van der Waals surface area (Å²) >= 11 is 14.7. The number of alkyl halides is 1. The molecule has 17 heteroatoms. The number of ether oxygens (including phenoxy) is 3. The first kappa shape index (κ1) is 34.3. The fourth-order valence-electron chi connectivity index (χ4n) is 4.14. The molecule has 0 aliphatic carbocycles. The number of rotatable bonds is 11. The number of anilines is 1. The van der Waals surface area contributed by atoms with E-state index in [-0.39, 0.29) is 45.7 Å². The third-order valence-corrected chi connectivity index (χ3v) is 8.97. The number of amides is 3. The van der Waals surface area contributed by atoms with Crippen LogP contribution in [-0.2, 0) is 35.3 Å². The molecule has 2 aliphatic heterocycles. The number of halogens is 2. The van der Waals surface area contributed by atoms with E-state index in [4.69, 9.17) is 42.3 Å². The van der Waals surface area contributed by atoms with Gasteiger partial charge in [0.25, 0.3) is 11.8 Å². The maximum Gasteiger partial charge on any atom is 0.413 e. The SMILES string of the molecule is CCO/N=C(\C(=O)NC1C(=O)N2C(C(=O)OCc3ccc(OC)cc3)=C(CCl)CSC12)c1nc(NC(=O)OC(C)(C)C)sc1Cl. The van der Waals surface area contributed by atoms with E-state index in [0.29, 0.717) is 17.1 Å². The third-order valence-electron chi connectivity index (χ3n) is 6.14. The first-order valence-corrected chi connectivity index (χ1v) is 16.3. The van der Waals surface area contributed by atoms with Gasteiger partial charge < -0.3 is 24.4 Å². The highest BCUT2D eigenvalue weighted by Crippen LogP contribution is 2.41. The van der Waals surface area contributed by atoms with Gasteiger partial charge in [-0.05, 0) is 51.0 Å². The Labute approximate surface area is 277 Å². The number of carbonyl (C=O) groups is 4. The molecule has 0 radical (unpaired) electrons. The number of methoxy groups -OCH3 is 1. The van der Waals surface area contributed by atoms with Crippen LogP contribution in [-0.4, -0.2) is 81.8 Å². The van der Waals surface area contributed by atoms with Crippen LogP contribution in [0.4, 0.5) is 9.93 Å². The van der Waals surface area contributed by atoms with Gasteiger partial charge in [-0.15, -0.1) is 23.4 Å². The number of thiazole rings is 1. The van der Waals surface area contributed by atoms with Crippen molar-refractivity contribution >= 4 is 81.0 Å². The Hall–Kier alpha value is -3.53. The second-order valence-electron chi connectivity index (χ2n) is 10.5. The van der Waals surface area contributed by atoms with Gasteiger partial charge in [0, 0.05) is 11.6 Å². The molecule has 3 amide bonds. The number of benzene rings is 1. The molecule has 0 spiro atoms. The van der Waals surface area contributed by atoms with Gasteiger partial charge in [-0.2, -0.15) is 0 Å².